The molecule has 3 N–H and O–H groups in total. The fourth-order valence-corrected chi connectivity index (χ4v) is 4.43. The van der Waals surface area contributed by atoms with E-state index in [4.69, 9.17) is 0 Å². The number of carbonyl (C=O) groups excluding carboxylic acids is 2. The van der Waals surface area contributed by atoms with E-state index in [2.05, 4.69) is 36.1 Å². The number of amides is 2. The van der Waals surface area contributed by atoms with Crippen molar-refractivity contribution in [3.8, 4) is 0 Å². The van der Waals surface area contributed by atoms with Crippen molar-refractivity contribution >= 4 is 29.4 Å². The Hall–Kier alpha value is -3.16. The van der Waals surface area contributed by atoms with Crippen LogP contribution in [0.3, 0.4) is 0 Å². The molecule has 1 fully saturated rings. The SMILES string of the molecule is CC(C)(C)NSc1ccc(NC(=O)C2(NC(=O)c3ccc(F)cc3)CC2c2ccccc2)cc1. The third-order valence-corrected chi connectivity index (χ3v) is 6.82. The van der Waals surface area contributed by atoms with Crippen molar-refractivity contribution in [2.24, 2.45) is 0 Å². The quantitative estimate of drug-likeness (QED) is 0.392. The summed E-state index contributed by atoms with van der Waals surface area (Å²) in [6.07, 6.45) is 0.485. The van der Waals surface area contributed by atoms with Crippen LogP contribution in [0.15, 0.2) is 83.8 Å². The standard InChI is InChI=1S/C27H28FN3O2S/c1-26(2,3)31-34-22-15-13-21(14-16-22)29-25(33)27(17-23(27)18-7-5-4-6-8-18)30-24(32)19-9-11-20(28)12-10-19/h4-16,23,31H,17H2,1-3H3,(H,29,33)(H,30,32). The maximum atomic E-state index is 13.4. The van der Waals surface area contributed by atoms with Crippen LogP contribution in [-0.4, -0.2) is 22.9 Å². The van der Waals surface area contributed by atoms with E-state index in [9.17, 15) is 14.0 Å². The highest BCUT2D eigenvalue weighted by molar-refractivity contribution is 7.97. The van der Waals surface area contributed by atoms with Gasteiger partial charge in [0.25, 0.3) is 11.8 Å². The van der Waals surface area contributed by atoms with E-state index in [-0.39, 0.29) is 17.4 Å². The Morgan fingerprint density at radius 3 is 2.21 bits per heavy atom. The Labute approximate surface area is 203 Å². The summed E-state index contributed by atoms with van der Waals surface area (Å²) in [4.78, 5) is 27.4. The first-order valence-corrected chi connectivity index (χ1v) is 12.0. The normalized spacial score (nSPS) is 19.4. The van der Waals surface area contributed by atoms with E-state index in [0.717, 1.165) is 10.5 Å². The second-order valence-electron chi connectivity index (χ2n) is 9.53. The molecule has 5 nitrogen and oxygen atoms in total. The van der Waals surface area contributed by atoms with Crippen molar-refractivity contribution in [1.82, 2.24) is 10.0 Å². The fraction of sp³-hybridized carbons (Fsp3) is 0.259. The van der Waals surface area contributed by atoms with E-state index in [1.165, 1.54) is 36.2 Å². The number of hydrogen-bond donors (Lipinski definition) is 3. The van der Waals surface area contributed by atoms with Crippen LogP contribution in [0, 0.1) is 5.82 Å². The molecule has 34 heavy (non-hydrogen) atoms. The number of rotatable bonds is 7. The molecule has 4 rings (SSSR count). The molecule has 3 aromatic carbocycles. The van der Waals surface area contributed by atoms with Crippen LogP contribution < -0.4 is 15.4 Å². The second kappa shape index (κ2) is 9.60. The summed E-state index contributed by atoms with van der Waals surface area (Å²) in [5.74, 6) is -1.25. The average molecular weight is 478 g/mol. The van der Waals surface area contributed by atoms with Crippen LogP contribution >= 0.6 is 11.9 Å². The lowest BCUT2D eigenvalue weighted by molar-refractivity contribution is -0.119. The Bertz CT molecular complexity index is 1160. The minimum Gasteiger partial charge on any atom is -0.337 e. The van der Waals surface area contributed by atoms with Gasteiger partial charge in [-0.05, 0) is 93.2 Å². The average Bonchev–Trinajstić information content (AvgIpc) is 3.54. The first kappa shape index (κ1) is 24.0. The van der Waals surface area contributed by atoms with E-state index >= 15 is 0 Å². The number of nitrogens with one attached hydrogen (secondary N) is 3. The number of anilines is 1. The van der Waals surface area contributed by atoms with Crippen LogP contribution in [0.1, 0.15) is 49.0 Å². The molecule has 1 saturated carbocycles. The largest absolute Gasteiger partial charge is 0.337 e. The van der Waals surface area contributed by atoms with Crippen molar-refractivity contribution in [3.05, 3.63) is 95.8 Å². The van der Waals surface area contributed by atoms with Crippen molar-refractivity contribution in [3.63, 3.8) is 0 Å². The van der Waals surface area contributed by atoms with Gasteiger partial charge in [0, 0.05) is 27.6 Å². The van der Waals surface area contributed by atoms with Gasteiger partial charge in [-0.25, -0.2) is 4.39 Å². The molecule has 0 heterocycles. The zero-order valence-electron chi connectivity index (χ0n) is 19.4. The Morgan fingerprint density at radius 1 is 0.941 bits per heavy atom. The topological polar surface area (TPSA) is 70.2 Å². The number of hydrogen-bond acceptors (Lipinski definition) is 4. The molecule has 2 atom stereocenters. The highest BCUT2D eigenvalue weighted by Gasteiger charge is 2.61. The van der Waals surface area contributed by atoms with Gasteiger partial charge in [0.05, 0.1) is 0 Å². The Balaban J connectivity index is 1.51. The van der Waals surface area contributed by atoms with Crippen LogP contribution in [0.5, 0.6) is 0 Å². The molecule has 0 aromatic heterocycles. The van der Waals surface area contributed by atoms with Gasteiger partial charge in [0.1, 0.15) is 11.4 Å². The lowest BCUT2D eigenvalue weighted by atomic mass is 10.0. The third-order valence-electron chi connectivity index (χ3n) is 5.60. The lowest BCUT2D eigenvalue weighted by Gasteiger charge is -2.21. The molecule has 0 spiro atoms. The van der Waals surface area contributed by atoms with Gasteiger partial charge in [-0.2, -0.15) is 0 Å². The van der Waals surface area contributed by atoms with Gasteiger partial charge >= 0.3 is 0 Å². The molecule has 7 heteroatoms. The molecule has 0 bridgehead atoms. The summed E-state index contributed by atoms with van der Waals surface area (Å²) in [5.41, 5.74) is 0.843. The van der Waals surface area contributed by atoms with Crippen molar-refractivity contribution in [1.29, 1.82) is 0 Å². The van der Waals surface area contributed by atoms with Gasteiger partial charge in [0.15, 0.2) is 0 Å². The maximum Gasteiger partial charge on any atom is 0.252 e. The van der Waals surface area contributed by atoms with Crippen LogP contribution in [0.25, 0.3) is 0 Å². The molecular formula is C27H28FN3O2S. The molecule has 2 unspecified atom stereocenters. The van der Waals surface area contributed by atoms with E-state index in [1.807, 2.05) is 54.6 Å². The molecule has 3 aromatic rings. The molecule has 0 saturated heterocycles. The summed E-state index contributed by atoms with van der Waals surface area (Å²) in [6, 6.07) is 22.5. The summed E-state index contributed by atoms with van der Waals surface area (Å²) >= 11 is 1.53. The highest BCUT2D eigenvalue weighted by atomic mass is 32.2. The first-order chi connectivity index (χ1) is 16.2. The van der Waals surface area contributed by atoms with E-state index in [1.54, 1.807) is 0 Å². The third kappa shape index (κ3) is 5.66. The van der Waals surface area contributed by atoms with Gasteiger partial charge < -0.3 is 10.6 Å². The fourth-order valence-electron chi connectivity index (χ4n) is 3.73. The van der Waals surface area contributed by atoms with Gasteiger partial charge in [-0.1, -0.05) is 30.3 Å². The number of benzene rings is 3. The van der Waals surface area contributed by atoms with E-state index in [0.29, 0.717) is 17.7 Å². The van der Waals surface area contributed by atoms with Gasteiger partial charge in [-0.3, -0.25) is 14.3 Å². The lowest BCUT2D eigenvalue weighted by Crippen LogP contribution is -2.47. The van der Waals surface area contributed by atoms with Crippen LogP contribution in [0.2, 0.25) is 0 Å². The van der Waals surface area contributed by atoms with Gasteiger partial charge in [0.2, 0.25) is 0 Å². The minimum absolute atomic E-state index is 0.0227. The summed E-state index contributed by atoms with van der Waals surface area (Å²) in [6.45, 7) is 6.27. The summed E-state index contributed by atoms with van der Waals surface area (Å²) in [7, 11) is 0. The molecular weight excluding hydrogens is 449 g/mol. The van der Waals surface area contributed by atoms with Crippen molar-refractivity contribution in [2.75, 3.05) is 5.32 Å². The summed E-state index contributed by atoms with van der Waals surface area (Å²) < 4.78 is 16.6. The summed E-state index contributed by atoms with van der Waals surface area (Å²) in [5, 5.41) is 5.90. The second-order valence-corrected chi connectivity index (χ2v) is 10.4. The molecule has 1 aliphatic rings. The first-order valence-electron chi connectivity index (χ1n) is 11.1. The predicted molar refractivity (Wildman–Crippen MR) is 134 cm³/mol. The van der Waals surface area contributed by atoms with Crippen molar-refractivity contribution in [2.45, 2.75) is 49.1 Å². The maximum absolute atomic E-state index is 13.4. The Kier molecular flexibility index (Phi) is 6.77. The molecule has 0 radical (unpaired) electrons. The highest BCUT2D eigenvalue weighted by Crippen LogP contribution is 2.52. The molecule has 0 aliphatic heterocycles. The zero-order valence-corrected chi connectivity index (χ0v) is 20.2. The predicted octanol–water partition coefficient (Wildman–Crippen LogP) is 5.52. The van der Waals surface area contributed by atoms with E-state index < -0.39 is 17.3 Å². The van der Waals surface area contributed by atoms with Crippen molar-refractivity contribution < 1.29 is 14.0 Å². The smallest absolute Gasteiger partial charge is 0.252 e. The van der Waals surface area contributed by atoms with Crippen LogP contribution in [-0.2, 0) is 4.79 Å². The van der Waals surface area contributed by atoms with Gasteiger partial charge in [-0.15, -0.1) is 0 Å². The molecule has 1 aliphatic carbocycles. The zero-order chi connectivity index (χ0) is 24.3. The minimum atomic E-state index is -1.08. The Morgan fingerprint density at radius 2 is 1.59 bits per heavy atom. The van der Waals surface area contributed by atoms with Crippen LogP contribution in [0.4, 0.5) is 10.1 Å². The molecule has 2 amide bonds. The number of carbonyl (C=O) groups is 2. The monoisotopic (exact) mass is 477 g/mol. The number of halogens is 1. The molecule has 176 valence electrons.